The molecule has 2 aliphatic rings. The number of ether oxygens (including phenoxy) is 2. The second-order valence-corrected chi connectivity index (χ2v) is 9.51. The Labute approximate surface area is 210 Å². The molecule has 3 amide bonds. The standard InChI is InChI=1S/C27H33N3O6/c1-17(25(31)32)18-7-10-23(11-8-18)36-27(34)30-13-12-19-14-22(9-6-20(19)16-30)29-26(33)28-21-4-3-5-24(15-21)35-2/h3-6,9,14-15,17-18,23H,7-8,10-13,16H2,1-2H3,(H,31,32)(H2,28,29,33). The van der Waals surface area contributed by atoms with Crippen molar-refractivity contribution in [3.05, 3.63) is 53.6 Å². The lowest BCUT2D eigenvalue weighted by Gasteiger charge is -2.33. The maximum atomic E-state index is 12.8. The van der Waals surface area contributed by atoms with Gasteiger partial charge in [0, 0.05) is 30.5 Å². The number of urea groups is 1. The molecule has 0 saturated heterocycles. The fourth-order valence-electron chi connectivity index (χ4n) is 4.91. The Bertz CT molecular complexity index is 1110. The molecule has 1 unspecified atom stereocenters. The van der Waals surface area contributed by atoms with E-state index in [1.54, 1.807) is 43.2 Å². The zero-order valence-corrected chi connectivity index (χ0v) is 20.7. The molecule has 0 bridgehead atoms. The van der Waals surface area contributed by atoms with E-state index in [0.717, 1.165) is 24.0 Å². The van der Waals surface area contributed by atoms with Crippen molar-refractivity contribution in [1.82, 2.24) is 4.90 Å². The van der Waals surface area contributed by atoms with E-state index in [0.29, 0.717) is 49.5 Å². The molecule has 1 heterocycles. The highest BCUT2D eigenvalue weighted by Crippen LogP contribution is 2.32. The van der Waals surface area contributed by atoms with Gasteiger partial charge < -0.3 is 30.1 Å². The normalized spacial score (nSPS) is 20.0. The molecule has 9 nitrogen and oxygen atoms in total. The number of rotatable bonds is 6. The Morgan fingerprint density at radius 3 is 2.42 bits per heavy atom. The number of carbonyl (C=O) groups is 3. The van der Waals surface area contributed by atoms with Gasteiger partial charge in [0.1, 0.15) is 11.9 Å². The highest BCUT2D eigenvalue weighted by atomic mass is 16.6. The van der Waals surface area contributed by atoms with E-state index in [1.165, 1.54) is 0 Å². The van der Waals surface area contributed by atoms with Gasteiger partial charge in [0.25, 0.3) is 0 Å². The Kier molecular flexibility index (Phi) is 7.97. The van der Waals surface area contributed by atoms with Crippen LogP contribution >= 0.6 is 0 Å². The molecule has 1 atom stereocenters. The monoisotopic (exact) mass is 495 g/mol. The van der Waals surface area contributed by atoms with Crippen molar-refractivity contribution >= 4 is 29.5 Å². The van der Waals surface area contributed by atoms with Crippen molar-refractivity contribution in [2.75, 3.05) is 24.3 Å². The summed E-state index contributed by atoms with van der Waals surface area (Å²) in [7, 11) is 1.57. The van der Waals surface area contributed by atoms with Gasteiger partial charge in [0.05, 0.1) is 13.0 Å². The first-order valence-electron chi connectivity index (χ1n) is 12.3. The van der Waals surface area contributed by atoms with E-state index < -0.39 is 5.97 Å². The summed E-state index contributed by atoms with van der Waals surface area (Å²) in [6.45, 7) is 2.74. The van der Waals surface area contributed by atoms with Crippen LogP contribution in [0.25, 0.3) is 0 Å². The number of carbonyl (C=O) groups excluding carboxylic acids is 2. The molecule has 9 heteroatoms. The van der Waals surface area contributed by atoms with Crippen LogP contribution in [0.5, 0.6) is 5.75 Å². The van der Waals surface area contributed by atoms with Crippen LogP contribution in [-0.4, -0.2) is 47.9 Å². The summed E-state index contributed by atoms with van der Waals surface area (Å²) < 4.78 is 10.9. The average Bonchev–Trinajstić information content (AvgIpc) is 2.88. The first-order chi connectivity index (χ1) is 17.3. The third-order valence-corrected chi connectivity index (χ3v) is 7.15. The minimum atomic E-state index is -0.765. The maximum absolute atomic E-state index is 12.8. The molecule has 0 radical (unpaired) electrons. The fourth-order valence-corrected chi connectivity index (χ4v) is 4.91. The van der Waals surface area contributed by atoms with Crippen LogP contribution in [0, 0.1) is 11.8 Å². The van der Waals surface area contributed by atoms with Crippen molar-refractivity contribution in [3.63, 3.8) is 0 Å². The molecule has 1 saturated carbocycles. The van der Waals surface area contributed by atoms with Crippen LogP contribution < -0.4 is 15.4 Å². The summed E-state index contributed by atoms with van der Waals surface area (Å²) in [5.74, 6) is -0.337. The van der Waals surface area contributed by atoms with Crippen molar-refractivity contribution in [2.24, 2.45) is 11.8 Å². The number of fused-ring (bicyclic) bond motifs is 1. The predicted molar refractivity (Wildman–Crippen MR) is 135 cm³/mol. The lowest BCUT2D eigenvalue weighted by atomic mass is 9.80. The molecule has 192 valence electrons. The maximum Gasteiger partial charge on any atom is 0.410 e. The summed E-state index contributed by atoms with van der Waals surface area (Å²) in [6.07, 6.45) is 3.10. The van der Waals surface area contributed by atoms with Crippen LogP contribution in [0.1, 0.15) is 43.7 Å². The zero-order chi connectivity index (χ0) is 25.7. The Hall–Kier alpha value is -3.75. The molecular weight excluding hydrogens is 462 g/mol. The van der Waals surface area contributed by atoms with Gasteiger partial charge in [-0.1, -0.05) is 19.1 Å². The van der Waals surface area contributed by atoms with Crippen molar-refractivity contribution < 1.29 is 29.0 Å². The van der Waals surface area contributed by atoms with Crippen LogP contribution in [-0.2, 0) is 22.5 Å². The molecule has 2 aromatic carbocycles. The number of hydrogen-bond donors (Lipinski definition) is 3. The molecule has 4 rings (SSSR count). The SMILES string of the molecule is COc1cccc(NC(=O)Nc2ccc3c(c2)CCN(C(=O)OC2CCC(C(C)C(=O)O)CC2)C3)c1. The number of methoxy groups -OCH3 is 1. The molecular formula is C27H33N3O6. The van der Waals surface area contributed by atoms with E-state index in [9.17, 15) is 19.5 Å². The van der Waals surface area contributed by atoms with E-state index in [2.05, 4.69) is 10.6 Å². The average molecular weight is 496 g/mol. The van der Waals surface area contributed by atoms with E-state index in [4.69, 9.17) is 9.47 Å². The topological polar surface area (TPSA) is 117 Å². The minimum Gasteiger partial charge on any atom is -0.497 e. The summed E-state index contributed by atoms with van der Waals surface area (Å²) in [6, 6.07) is 12.5. The molecule has 0 spiro atoms. The lowest BCUT2D eigenvalue weighted by molar-refractivity contribution is -0.143. The second-order valence-electron chi connectivity index (χ2n) is 9.51. The summed E-state index contributed by atoms with van der Waals surface area (Å²) in [4.78, 5) is 38.1. The van der Waals surface area contributed by atoms with E-state index in [-0.39, 0.29) is 30.1 Å². The number of nitrogens with zero attached hydrogens (tertiary/aromatic N) is 1. The quantitative estimate of drug-likeness (QED) is 0.512. The van der Waals surface area contributed by atoms with Gasteiger partial charge in [0.15, 0.2) is 0 Å². The first kappa shape index (κ1) is 25.3. The highest BCUT2D eigenvalue weighted by Gasteiger charge is 2.31. The second kappa shape index (κ2) is 11.3. The van der Waals surface area contributed by atoms with Crippen LogP contribution in [0.2, 0.25) is 0 Å². The zero-order valence-electron chi connectivity index (χ0n) is 20.7. The number of hydrogen-bond acceptors (Lipinski definition) is 5. The largest absolute Gasteiger partial charge is 0.497 e. The van der Waals surface area contributed by atoms with Gasteiger partial charge in [-0.15, -0.1) is 0 Å². The molecule has 36 heavy (non-hydrogen) atoms. The molecule has 3 N–H and O–H groups in total. The van der Waals surface area contributed by atoms with Crippen LogP contribution in [0.15, 0.2) is 42.5 Å². The van der Waals surface area contributed by atoms with Crippen LogP contribution in [0.4, 0.5) is 21.0 Å². The van der Waals surface area contributed by atoms with E-state index in [1.807, 2.05) is 18.2 Å². The number of amides is 3. The van der Waals surface area contributed by atoms with Gasteiger partial charge in [-0.05, 0) is 73.4 Å². The molecule has 0 aromatic heterocycles. The summed E-state index contributed by atoms with van der Waals surface area (Å²) in [5, 5.41) is 14.9. The third-order valence-electron chi connectivity index (χ3n) is 7.15. The minimum absolute atomic E-state index is 0.139. The first-order valence-corrected chi connectivity index (χ1v) is 12.3. The number of aliphatic carboxylic acids is 1. The number of anilines is 2. The van der Waals surface area contributed by atoms with Gasteiger partial charge in [-0.25, -0.2) is 9.59 Å². The van der Waals surface area contributed by atoms with Gasteiger partial charge in [-0.3, -0.25) is 4.79 Å². The Morgan fingerprint density at radius 2 is 1.72 bits per heavy atom. The number of nitrogens with one attached hydrogen (secondary N) is 2. The Balaban J connectivity index is 1.27. The fraction of sp³-hybridized carbons (Fsp3) is 0.444. The van der Waals surface area contributed by atoms with Crippen molar-refractivity contribution in [1.29, 1.82) is 0 Å². The van der Waals surface area contributed by atoms with Crippen LogP contribution in [0.3, 0.4) is 0 Å². The van der Waals surface area contributed by atoms with Crippen molar-refractivity contribution in [3.8, 4) is 5.75 Å². The number of benzene rings is 2. The highest BCUT2D eigenvalue weighted by molar-refractivity contribution is 5.99. The molecule has 1 fully saturated rings. The van der Waals surface area contributed by atoms with Crippen molar-refractivity contribution in [2.45, 2.75) is 51.7 Å². The van der Waals surface area contributed by atoms with Gasteiger partial charge in [0.2, 0.25) is 0 Å². The number of carboxylic acids is 1. The smallest absolute Gasteiger partial charge is 0.410 e. The number of carboxylic acid groups (broad SMARTS) is 1. The van der Waals surface area contributed by atoms with Gasteiger partial charge in [-0.2, -0.15) is 0 Å². The predicted octanol–water partition coefficient (Wildman–Crippen LogP) is 5.11. The van der Waals surface area contributed by atoms with E-state index >= 15 is 0 Å². The molecule has 2 aromatic rings. The molecule has 1 aliphatic heterocycles. The molecule has 1 aliphatic carbocycles. The summed E-state index contributed by atoms with van der Waals surface area (Å²) >= 11 is 0. The van der Waals surface area contributed by atoms with Gasteiger partial charge >= 0.3 is 18.1 Å². The third kappa shape index (κ3) is 6.27. The lowest BCUT2D eigenvalue weighted by Crippen LogP contribution is -2.39. The summed E-state index contributed by atoms with van der Waals surface area (Å²) in [5.41, 5.74) is 3.42. The Morgan fingerprint density at radius 1 is 1.00 bits per heavy atom.